The van der Waals surface area contributed by atoms with E-state index in [1.807, 2.05) is 30.3 Å². The van der Waals surface area contributed by atoms with Crippen LogP contribution >= 0.6 is 11.6 Å². The quantitative estimate of drug-likeness (QED) is 0.722. The molecular formula is C18H16ClN3O3S. The average molecular weight is 390 g/mol. The molecule has 0 aliphatic carbocycles. The van der Waals surface area contributed by atoms with E-state index in [2.05, 4.69) is 9.97 Å². The van der Waals surface area contributed by atoms with Gasteiger partial charge < -0.3 is 5.11 Å². The smallest absolute Gasteiger partial charge is 0.239 e. The van der Waals surface area contributed by atoms with Gasteiger partial charge in [0.1, 0.15) is 5.75 Å². The van der Waals surface area contributed by atoms with E-state index in [1.54, 1.807) is 12.1 Å². The second-order valence-electron chi connectivity index (χ2n) is 5.69. The van der Waals surface area contributed by atoms with E-state index in [0.29, 0.717) is 16.1 Å². The van der Waals surface area contributed by atoms with Gasteiger partial charge in [-0.3, -0.25) is 0 Å². The molecule has 134 valence electrons. The third kappa shape index (κ3) is 4.12. The van der Waals surface area contributed by atoms with Crippen molar-refractivity contribution < 1.29 is 13.5 Å². The second kappa shape index (κ2) is 7.31. The van der Waals surface area contributed by atoms with Crippen molar-refractivity contribution in [1.29, 1.82) is 0 Å². The fraction of sp³-hybridized carbons (Fsp3) is 0.111. The number of aromatic nitrogens is 2. The zero-order chi connectivity index (χ0) is 18.7. The van der Waals surface area contributed by atoms with Gasteiger partial charge in [0.05, 0.1) is 12.8 Å². The highest BCUT2D eigenvalue weighted by Crippen LogP contribution is 2.31. The molecule has 0 aliphatic rings. The standard InChI is InChI=1S/C18H16ClN3O3S/c1-26(24,25)22(12-13-5-3-2-4-6-13)18-20-10-14(11-21-18)16-9-15(19)7-8-17(16)23/h2-11,23H,12H2,1H3. The van der Waals surface area contributed by atoms with Crippen LogP contribution in [0.15, 0.2) is 60.9 Å². The lowest BCUT2D eigenvalue weighted by atomic mass is 10.1. The van der Waals surface area contributed by atoms with Crippen molar-refractivity contribution in [1.82, 2.24) is 9.97 Å². The number of phenolic OH excluding ortho intramolecular Hbond substituents is 1. The number of nitrogens with zero attached hydrogens (tertiary/aromatic N) is 3. The molecule has 1 aromatic heterocycles. The maximum absolute atomic E-state index is 12.2. The monoisotopic (exact) mass is 389 g/mol. The van der Waals surface area contributed by atoms with Crippen LogP contribution in [0, 0.1) is 0 Å². The first-order valence-electron chi connectivity index (χ1n) is 7.67. The average Bonchev–Trinajstić information content (AvgIpc) is 2.62. The van der Waals surface area contributed by atoms with Crippen molar-refractivity contribution in [2.24, 2.45) is 0 Å². The molecule has 1 heterocycles. The van der Waals surface area contributed by atoms with Crippen LogP contribution in [0.5, 0.6) is 5.75 Å². The van der Waals surface area contributed by atoms with Crippen molar-refractivity contribution in [2.75, 3.05) is 10.6 Å². The number of hydrogen-bond acceptors (Lipinski definition) is 5. The fourth-order valence-corrected chi connectivity index (χ4v) is 3.36. The number of halogens is 1. The summed E-state index contributed by atoms with van der Waals surface area (Å²) in [5.74, 6) is 0.0941. The first kappa shape index (κ1) is 18.2. The summed E-state index contributed by atoms with van der Waals surface area (Å²) in [5, 5.41) is 10.4. The summed E-state index contributed by atoms with van der Waals surface area (Å²) in [7, 11) is -3.57. The number of aromatic hydroxyl groups is 1. The molecule has 0 spiro atoms. The molecule has 2 aromatic carbocycles. The van der Waals surface area contributed by atoms with Crippen LogP contribution in [-0.2, 0) is 16.6 Å². The minimum absolute atomic E-state index is 0.0370. The Morgan fingerprint density at radius 3 is 2.35 bits per heavy atom. The largest absolute Gasteiger partial charge is 0.507 e. The van der Waals surface area contributed by atoms with Crippen molar-refractivity contribution >= 4 is 27.6 Å². The van der Waals surface area contributed by atoms with E-state index in [1.165, 1.54) is 18.5 Å². The minimum Gasteiger partial charge on any atom is -0.507 e. The molecule has 8 heteroatoms. The number of anilines is 1. The van der Waals surface area contributed by atoms with E-state index in [4.69, 9.17) is 11.6 Å². The molecule has 0 atom stereocenters. The van der Waals surface area contributed by atoms with E-state index < -0.39 is 10.0 Å². The third-order valence-corrected chi connectivity index (χ3v) is 5.03. The Bertz CT molecular complexity index is 1010. The van der Waals surface area contributed by atoms with Crippen molar-refractivity contribution in [2.45, 2.75) is 6.54 Å². The lowest BCUT2D eigenvalue weighted by molar-refractivity contribution is 0.477. The molecule has 3 rings (SSSR count). The van der Waals surface area contributed by atoms with Gasteiger partial charge in [0.25, 0.3) is 0 Å². The van der Waals surface area contributed by atoms with Gasteiger partial charge in [0, 0.05) is 28.5 Å². The van der Waals surface area contributed by atoms with E-state index in [9.17, 15) is 13.5 Å². The zero-order valence-electron chi connectivity index (χ0n) is 13.9. The maximum Gasteiger partial charge on any atom is 0.239 e. The first-order valence-corrected chi connectivity index (χ1v) is 9.90. The summed E-state index contributed by atoms with van der Waals surface area (Å²) in [4.78, 5) is 8.34. The van der Waals surface area contributed by atoms with Gasteiger partial charge in [-0.2, -0.15) is 0 Å². The summed E-state index contributed by atoms with van der Waals surface area (Å²) in [6, 6.07) is 13.8. The molecule has 6 nitrogen and oxygen atoms in total. The Morgan fingerprint density at radius 1 is 1.08 bits per heavy atom. The van der Waals surface area contributed by atoms with E-state index >= 15 is 0 Å². The number of rotatable bonds is 5. The van der Waals surface area contributed by atoms with Gasteiger partial charge in [-0.25, -0.2) is 22.7 Å². The van der Waals surface area contributed by atoms with Gasteiger partial charge in [0.15, 0.2) is 0 Å². The predicted molar refractivity (Wildman–Crippen MR) is 102 cm³/mol. The van der Waals surface area contributed by atoms with E-state index in [0.717, 1.165) is 16.1 Å². The lowest BCUT2D eigenvalue weighted by Crippen LogP contribution is -2.30. The molecule has 0 bridgehead atoms. The van der Waals surface area contributed by atoms with Crippen molar-refractivity contribution in [3.63, 3.8) is 0 Å². The number of hydrogen-bond donors (Lipinski definition) is 1. The van der Waals surface area contributed by atoms with Gasteiger partial charge in [-0.05, 0) is 23.8 Å². The number of benzene rings is 2. The number of sulfonamides is 1. The summed E-state index contributed by atoms with van der Waals surface area (Å²) < 4.78 is 25.5. The molecule has 0 aliphatic heterocycles. The van der Waals surface area contributed by atoms with Gasteiger partial charge in [0.2, 0.25) is 16.0 Å². The fourth-order valence-electron chi connectivity index (χ4n) is 2.41. The van der Waals surface area contributed by atoms with Gasteiger partial charge >= 0.3 is 0 Å². The van der Waals surface area contributed by atoms with Gasteiger partial charge in [-0.1, -0.05) is 41.9 Å². The third-order valence-electron chi connectivity index (χ3n) is 3.70. The Balaban J connectivity index is 1.95. The normalized spacial score (nSPS) is 11.3. The van der Waals surface area contributed by atoms with Crippen LogP contribution in [0.4, 0.5) is 5.95 Å². The molecule has 0 radical (unpaired) electrons. The van der Waals surface area contributed by atoms with Crippen LogP contribution in [0.25, 0.3) is 11.1 Å². The SMILES string of the molecule is CS(=O)(=O)N(Cc1ccccc1)c1ncc(-c2cc(Cl)ccc2O)cn1. The molecule has 3 aromatic rings. The molecule has 1 N–H and O–H groups in total. The summed E-state index contributed by atoms with van der Waals surface area (Å²) in [6.07, 6.45) is 4.02. The van der Waals surface area contributed by atoms with Crippen molar-refractivity contribution in [3.05, 3.63) is 71.5 Å². The Morgan fingerprint density at radius 2 is 1.73 bits per heavy atom. The summed E-state index contributed by atoms with van der Waals surface area (Å²) in [6.45, 7) is 0.126. The Labute approximate surface area is 156 Å². The first-order chi connectivity index (χ1) is 12.3. The van der Waals surface area contributed by atoms with Crippen LogP contribution in [0.1, 0.15) is 5.56 Å². The summed E-state index contributed by atoms with van der Waals surface area (Å²) in [5.41, 5.74) is 1.82. The number of phenols is 1. The maximum atomic E-state index is 12.2. The highest BCUT2D eigenvalue weighted by Gasteiger charge is 2.20. The Kier molecular flexibility index (Phi) is 5.11. The van der Waals surface area contributed by atoms with Crippen LogP contribution in [0.3, 0.4) is 0 Å². The topological polar surface area (TPSA) is 83.4 Å². The summed E-state index contributed by atoms with van der Waals surface area (Å²) >= 11 is 5.96. The lowest BCUT2D eigenvalue weighted by Gasteiger charge is -2.20. The molecule has 0 saturated carbocycles. The highest BCUT2D eigenvalue weighted by molar-refractivity contribution is 7.92. The molecule has 0 amide bonds. The minimum atomic E-state index is -3.57. The second-order valence-corrected chi connectivity index (χ2v) is 8.03. The molecule has 0 saturated heterocycles. The van der Waals surface area contributed by atoms with Crippen LogP contribution < -0.4 is 4.31 Å². The van der Waals surface area contributed by atoms with E-state index in [-0.39, 0.29) is 18.2 Å². The Hall–Kier alpha value is -2.64. The zero-order valence-corrected chi connectivity index (χ0v) is 15.4. The van der Waals surface area contributed by atoms with Crippen LogP contribution in [-0.4, -0.2) is 29.7 Å². The molecule has 0 unspecified atom stereocenters. The van der Waals surface area contributed by atoms with Crippen LogP contribution in [0.2, 0.25) is 5.02 Å². The molecule has 0 fully saturated rings. The van der Waals surface area contributed by atoms with Crippen molar-refractivity contribution in [3.8, 4) is 16.9 Å². The van der Waals surface area contributed by atoms with Gasteiger partial charge in [-0.15, -0.1) is 0 Å². The predicted octanol–water partition coefficient (Wildman–Crippen LogP) is 3.47. The highest BCUT2D eigenvalue weighted by atomic mass is 35.5. The molecular weight excluding hydrogens is 374 g/mol. The molecule has 26 heavy (non-hydrogen) atoms.